The fraction of sp³-hybridized carbons (Fsp3) is 0.933. The summed E-state index contributed by atoms with van der Waals surface area (Å²) >= 11 is 0. The van der Waals surface area contributed by atoms with Crippen molar-refractivity contribution in [3.05, 3.63) is 0 Å². The van der Waals surface area contributed by atoms with Crippen molar-refractivity contribution in [2.45, 2.75) is 51.0 Å². The highest BCUT2D eigenvalue weighted by Gasteiger charge is 2.35. The Morgan fingerprint density at radius 2 is 2.11 bits per heavy atom. The molecule has 2 unspecified atom stereocenters. The molecular formula is C15H29N3O. The topological polar surface area (TPSA) is 49.6 Å². The van der Waals surface area contributed by atoms with Crippen molar-refractivity contribution in [2.24, 2.45) is 11.7 Å². The normalized spacial score (nSPS) is 27.3. The molecule has 2 aliphatic rings. The van der Waals surface area contributed by atoms with Gasteiger partial charge in [0.05, 0.1) is 0 Å². The minimum Gasteiger partial charge on any atom is -0.346 e. The predicted octanol–water partition coefficient (Wildman–Crippen LogP) is 1.45. The summed E-state index contributed by atoms with van der Waals surface area (Å²) in [6, 6.07) is 0.774. The number of rotatable bonds is 6. The monoisotopic (exact) mass is 267 g/mol. The van der Waals surface area contributed by atoms with Crippen LogP contribution in [-0.2, 0) is 4.79 Å². The van der Waals surface area contributed by atoms with Crippen LogP contribution in [0.5, 0.6) is 0 Å². The van der Waals surface area contributed by atoms with Crippen molar-refractivity contribution in [3.63, 3.8) is 0 Å². The van der Waals surface area contributed by atoms with Crippen molar-refractivity contribution in [3.8, 4) is 0 Å². The highest BCUT2D eigenvalue weighted by molar-refractivity contribution is 5.76. The molecule has 19 heavy (non-hydrogen) atoms. The van der Waals surface area contributed by atoms with E-state index in [0.717, 1.165) is 31.5 Å². The van der Waals surface area contributed by atoms with Gasteiger partial charge in [-0.05, 0) is 44.7 Å². The number of hydrogen-bond donors (Lipinski definition) is 1. The third-order valence-corrected chi connectivity index (χ3v) is 4.86. The molecule has 1 saturated heterocycles. The molecule has 1 aliphatic carbocycles. The molecule has 0 bridgehead atoms. The van der Waals surface area contributed by atoms with Gasteiger partial charge < -0.3 is 10.6 Å². The van der Waals surface area contributed by atoms with Crippen molar-refractivity contribution < 1.29 is 4.79 Å². The Labute approximate surface area is 117 Å². The number of likely N-dealkylation sites (tertiary alicyclic amines) is 1. The van der Waals surface area contributed by atoms with E-state index < -0.39 is 0 Å². The van der Waals surface area contributed by atoms with Crippen LogP contribution >= 0.6 is 0 Å². The van der Waals surface area contributed by atoms with E-state index in [1.807, 2.05) is 11.9 Å². The van der Waals surface area contributed by atoms with Crippen molar-refractivity contribution >= 4 is 5.91 Å². The van der Waals surface area contributed by atoms with E-state index in [1.54, 1.807) is 0 Å². The number of fused-ring (bicyclic) bond motifs is 1. The standard InChI is InChI=1S/C15H29N3O/c1-17(10-4-9-16)15(19)8-12-18-11-7-13-5-2-3-6-14(13)18/h13-14H,2-12,16H2,1H3. The van der Waals surface area contributed by atoms with Gasteiger partial charge in [-0.3, -0.25) is 9.69 Å². The minimum absolute atomic E-state index is 0.271. The molecule has 0 aromatic carbocycles. The second-order valence-corrected chi connectivity index (χ2v) is 6.14. The lowest BCUT2D eigenvalue weighted by Gasteiger charge is -2.31. The number of nitrogens with two attached hydrogens (primary N) is 1. The molecule has 2 fully saturated rings. The minimum atomic E-state index is 0.271. The molecule has 4 heteroatoms. The zero-order valence-electron chi connectivity index (χ0n) is 12.3. The first-order chi connectivity index (χ1) is 9.22. The Kier molecular flexibility index (Phi) is 5.64. The van der Waals surface area contributed by atoms with E-state index in [4.69, 9.17) is 5.73 Å². The van der Waals surface area contributed by atoms with Crippen LogP contribution in [0.1, 0.15) is 44.9 Å². The van der Waals surface area contributed by atoms with Crippen LogP contribution < -0.4 is 5.73 Å². The van der Waals surface area contributed by atoms with Gasteiger partial charge in [-0.15, -0.1) is 0 Å². The van der Waals surface area contributed by atoms with Gasteiger partial charge in [0, 0.05) is 32.6 Å². The highest BCUT2D eigenvalue weighted by atomic mass is 16.2. The molecule has 1 amide bonds. The first kappa shape index (κ1) is 14.8. The molecule has 0 aromatic rings. The summed E-state index contributed by atoms with van der Waals surface area (Å²) in [7, 11) is 1.89. The lowest BCUT2D eigenvalue weighted by molar-refractivity contribution is -0.130. The molecule has 4 nitrogen and oxygen atoms in total. The van der Waals surface area contributed by atoms with E-state index in [-0.39, 0.29) is 5.91 Å². The summed E-state index contributed by atoms with van der Waals surface area (Å²) < 4.78 is 0. The number of carbonyl (C=O) groups excluding carboxylic acids is 1. The van der Waals surface area contributed by atoms with Crippen LogP contribution in [-0.4, -0.2) is 55.0 Å². The molecule has 110 valence electrons. The summed E-state index contributed by atoms with van der Waals surface area (Å²) in [5, 5.41) is 0. The summed E-state index contributed by atoms with van der Waals surface area (Å²) in [4.78, 5) is 16.4. The lowest BCUT2D eigenvalue weighted by atomic mass is 9.85. The largest absolute Gasteiger partial charge is 0.346 e. The van der Waals surface area contributed by atoms with Gasteiger partial charge in [-0.2, -0.15) is 0 Å². The first-order valence-electron chi connectivity index (χ1n) is 7.90. The highest BCUT2D eigenvalue weighted by Crippen LogP contribution is 2.35. The van der Waals surface area contributed by atoms with Gasteiger partial charge in [0.15, 0.2) is 0 Å². The molecule has 2 atom stereocenters. The van der Waals surface area contributed by atoms with E-state index in [0.29, 0.717) is 13.0 Å². The van der Waals surface area contributed by atoms with Crippen molar-refractivity contribution in [1.82, 2.24) is 9.80 Å². The Hall–Kier alpha value is -0.610. The number of carbonyl (C=O) groups is 1. The fourth-order valence-electron chi connectivity index (χ4n) is 3.66. The van der Waals surface area contributed by atoms with Crippen LogP contribution in [0.25, 0.3) is 0 Å². The molecule has 2 N–H and O–H groups in total. The number of hydrogen-bond acceptors (Lipinski definition) is 3. The maximum absolute atomic E-state index is 12.0. The van der Waals surface area contributed by atoms with Crippen LogP contribution in [0, 0.1) is 5.92 Å². The Bertz CT molecular complexity index is 295. The maximum Gasteiger partial charge on any atom is 0.223 e. The lowest BCUT2D eigenvalue weighted by Crippen LogP contribution is -2.38. The molecule has 0 radical (unpaired) electrons. The average molecular weight is 267 g/mol. The zero-order chi connectivity index (χ0) is 13.7. The van der Waals surface area contributed by atoms with E-state index >= 15 is 0 Å². The summed E-state index contributed by atoms with van der Waals surface area (Å²) in [6.45, 7) is 3.61. The van der Waals surface area contributed by atoms with Gasteiger partial charge in [0.2, 0.25) is 5.91 Å². The second kappa shape index (κ2) is 7.25. The molecule has 1 aliphatic heterocycles. The predicted molar refractivity (Wildman–Crippen MR) is 77.9 cm³/mol. The number of nitrogens with zero attached hydrogens (tertiary/aromatic N) is 2. The summed E-state index contributed by atoms with van der Waals surface area (Å²) in [5.74, 6) is 1.19. The SMILES string of the molecule is CN(CCCN)C(=O)CCN1CCC2CCCCC21. The first-order valence-corrected chi connectivity index (χ1v) is 7.90. The average Bonchev–Trinajstić information content (AvgIpc) is 2.85. The Morgan fingerprint density at radius 1 is 1.32 bits per heavy atom. The van der Waals surface area contributed by atoms with Crippen molar-refractivity contribution in [1.29, 1.82) is 0 Å². The molecule has 0 aromatic heterocycles. The second-order valence-electron chi connectivity index (χ2n) is 6.14. The van der Waals surface area contributed by atoms with Crippen LogP contribution in [0.2, 0.25) is 0 Å². The Morgan fingerprint density at radius 3 is 2.89 bits per heavy atom. The van der Waals surface area contributed by atoms with Gasteiger partial charge >= 0.3 is 0 Å². The van der Waals surface area contributed by atoms with Crippen LogP contribution in [0.4, 0.5) is 0 Å². The third kappa shape index (κ3) is 3.93. The van der Waals surface area contributed by atoms with Gasteiger partial charge in [0.25, 0.3) is 0 Å². The molecule has 2 rings (SSSR count). The van der Waals surface area contributed by atoms with Crippen LogP contribution in [0.3, 0.4) is 0 Å². The number of amides is 1. The van der Waals surface area contributed by atoms with E-state index in [9.17, 15) is 4.79 Å². The van der Waals surface area contributed by atoms with Crippen molar-refractivity contribution in [2.75, 3.05) is 33.2 Å². The summed E-state index contributed by atoms with van der Waals surface area (Å²) in [6.07, 6.45) is 8.47. The third-order valence-electron chi connectivity index (χ3n) is 4.86. The molecule has 1 saturated carbocycles. The summed E-state index contributed by atoms with van der Waals surface area (Å²) in [5.41, 5.74) is 5.48. The quantitative estimate of drug-likeness (QED) is 0.792. The maximum atomic E-state index is 12.0. The molecule has 1 heterocycles. The Balaban J connectivity index is 1.71. The fourth-order valence-corrected chi connectivity index (χ4v) is 3.66. The molecular weight excluding hydrogens is 238 g/mol. The van der Waals surface area contributed by atoms with Gasteiger partial charge in [0.1, 0.15) is 0 Å². The molecule has 0 spiro atoms. The van der Waals surface area contributed by atoms with Crippen LogP contribution in [0.15, 0.2) is 0 Å². The van der Waals surface area contributed by atoms with Gasteiger partial charge in [-0.25, -0.2) is 0 Å². The van der Waals surface area contributed by atoms with E-state index in [1.165, 1.54) is 38.6 Å². The van der Waals surface area contributed by atoms with E-state index in [2.05, 4.69) is 4.90 Å². The zero-order valence-corrected chi connectivity index (χ0v) is 12.3. The van der Waals surface area contributed by atoms with Gasteiger partial charge in [-0.1, -0.05) is 12.8 Å². The smallest absolute Gasteiger partial charge is 0.223 e.